The van der Waals surface area contributed by atoms with Crippen molar-refractivity contribution in [1.82, 2.24) is 5.32 Å². The molecule has 0 bridgehead atoms. The van der Waals surface area contributed by atoms with Crippen molar-refractivity contribution < 1.29 is 14.3 Å². The van der Waals surface area contributed by atoms with E-state index >= 15 is 0 Å². The van der Waals surface area contributed by atoms with Gasteiger partial charge in [0.15, 0.2) is 6.10 Å². The fourth-order valence-electron chi connectivity index (χ4n) is 4.12. The molecular weight excluding hydrogens is 374 g/mol. The Bertz CT molecular complexity index is 829. The summed E-state index contributed by atoms with van der Waals surface area (Å²) in [6, 6.07) is 14.2. The maximum absolute atomic E-state index is 13.1. The van der Waals surface area contributed by atoms with Crippen LogP contribution in [0.4, 0.5) is 0 Å². The predicted molar refractivity (Wildman–Crippen MR) is 121 cm³/mol. The second-order valence-electron chi connectivity index (χ2n) is 8.62. The number of aryl methyl sites for hydroxylation is 2. The molecule has 2 atom stereocenters. The van der Waals surface area contributed by atoms with Crippen LogP contribution in [0.15, 0.2) is 42.5 Å². The van der Waals surface area contributed by atoms with E-state index in [1.807, 2.05) is 37.3 Å². The van der Waals surface area contributed by atoms with Crippen LogP contribution in [0.2, 0.25) is 0 Å². The van der Waals surface area contributed by atoms with Gasteiger partial charge < -0.3 is 14.8 Å². The zero-order valence-corrected chi connectivity index (χ0v) is 18.7. The molecular formula is C26H35NO3. The second-order valence-corrected chi connectivity index (χ2v) is 8.62. The number of benzene rings is 2. The van der Waals surface area contributed by atoms with E-state index in [1.54, 1.807) is 7.11 Å². The Morgan fingerprint density at radius 2 is 1.67 bits per heavy atom. The molecule has 1 N–H and O–H groups in total. The lowest BCUT2D eigenvalue weighted by Crippen LogP contribution is -2.40. The summed E-state index contributed by atoms with van der Waals surface area (Å²) >= 11 is 0. The number of amides is 1. The van der Waals surface area contributed by atoms with E-state index in [-0.39, 0.29) is 11.9 Å². The SMILES string of the molecule is CC[C@@H](Oc1ccc2c(c1)CCCC2)C(=O)N[C@H](CC(C)C)c1ccc(OC)cc1. The molecule has 0 fully saturated rings. The molecule has 1 aliphatic rings. The quantitative estimate of drug-likeness (QED) is 0.583. The highest BCUT2D eigenvalue weighted by atomic mass is 16.5. The molecule has 3 rings (SSSR count). The third kappa shape index (κ3) is 5.78. The van der Waals surface area contributed by atoms with E-state index in [1.165, 1.54) is 24.0 Å². The lowest BCUT2D eigenvalue weighted by molar-refractivity contribution is -0.129. The van der Waals surface area contributed by atoms with Crippen molar-refractivity contribution in [2.75, 3.05) is 7.11 Å². The predicted octanol–water partition coefficient (Wildman–Crippen LogP) is 5.64. The van der Waals surface area contributed by atoms with Gasteiger partial charge in [-0.05, 0) is 85.4 Å². The molecule has 0 unspecified atom stereocenters. The van der Waals surface area contributed by atoms with Gasteiger partial charge in [0.25, 0.3) is 5.91 Å². The Kier molecular flexibility index (Phi) is 7.78. The van der Waals surface area contributed by atoms with Crippen molar-refractivity contribution in [3.63, 3.8) is 0 Å². The van der Waals surface area contributed by atoms with Crippen LogP contribution in [0, 0.1) is 5.92 Å². The molecule has 0 saturated carbocycles. The molecule has 0 radical (unpaired) electrons. The third-order valence-corrected chi connectivity index (χ3v) is 5.80. The van der Waals surface area contributed by atoms with E-state index in [2.05, 4.69) is 31.3 Å². The van der Waals surface area contributed by atoms with Crippen LogP contribution in [0.25, 0.3) is 0 Å². The maximum Gasteiger partial charge on any atom is 0.261 e. The molecule has 162 valence electrons. The lowest BCUT2D eigenvalue weighted by Gasteiger charge is -2.25. The number of ether oxygens (including phenoxy) is 2. The monoisotopic (exact) mass is 409 g/mol. The highest BCUT2D eigenvalue weighted by Crippen LogP contribution is 2.27. The van der Waals surface area contributed by atoms with Gasteiger partial charge in [-0.25, -0.2) is 0 Å². The first-order chi connectivity index (χ1) is 14.5. The molecule has 2 aromatic carbocycles. The van der Waals surface area contributed by atoms with Crippen LogP contribution in [-0.4, -0.2) is 19.1 Å². The zero-order valence-electron chi connectivity index (χ0n) is 18.7. The number of rotatable bonds is 9. The first-order valence-corrected chi connectivity index (χ1v) is 11.2. The summed E-state index contributed by atoms with van der Waals surface area (Å²) < 4.78 is 11.4. The molecule has 30 heavy (non-hydrogen) atoms. The van der Waals surface area contributed by atoms with Gasteiger partial charge in [-0.2, -0.15) is 0 Å². The normalized spacial score (nSPS) is 15.2. The molecule has 4 heteroatoms. The molecule has 1 amide bonds. The third-order valence-electron chi connectivity index (χ3n) is 5.80. The minimum atomic E-state index is -0.500. The summed E-state index contributed by atoms with van der Waals surface area (Å²) in [5.41, 5.74) is 3.87. The highest BCUT2D eigenvalue weighted by Gasteiger charge is 2.24. The van der Waals surface area contributed by atoms with E-state index in [0.29, 0.717) is 12.3 Å². The molecule has 4 nitrogen and oxygen atoms in total. The molecule has 1 aliphatic carbocycles. The largest absolute Gasteiger partial charge is 0.497 e. The number of hydrogen-bond acceptors (Lipinski definition) is 3. The maximum atomic E-state index is 13.1. The van der Waals surface area contributed by atoms with Crippen molar-refractivity contribution in [2.45, 2.75) is 71.4 Å². The standard InChI is InChI=1S/C26H35NO3/c1-5-25(30-23-15-10-19-8-6-7-9-21(19)17-23)26(28)27-24(16-18(2)3)20-11-13-22(29-4)14-12-20/h10-15,17-18,24-25H,5-9,16H2,1-4H3,(H,27,28)/t24-,25-/m1/s1. The van der Waals surface area contributed by atoms with Gasteiger partial charge in [0.2, 0.25) is 0 Å². The Labute approximate surface area is 181 Å². The average Bonchev–Trinajstić information content (AvgIpc) is 2.76. The Balaban J connectivity index is 1.70. The van der Waals surface area contributed by atoms with Gasteiger partial charge in [-0.1, -0.05) is 39.0 Å². The topological polar surface area (TPSA) is 47.6 Å². The number of carbonyl (C=O) groups is 1. The Morgan fingerprint density at radius 3 is 2.30 bits per heavy atom. The van der Waals surface area contributed by atoms with Gasteiger partial charge >= 0.3 is 0 Å². The fourth-order valence-corrected chi connectivity index (χ4v) is 4.12. The molecule has 2 aromatic rings. The molecule has 0 spiro atoms. The summed E-state index contributed by atoms with van der Waals surface area (Å²) in [5, 5.41) is 3.23. The summed E-state index contributed by atoms with van der Waals surface area (Å²) in [6.07, 6.45) is 5.73. The van der Waals surface area contributed by atoms with Crippen molar-refractivity contribution in [1.29, 1.82) is 0 Å². The summed E-state index contributed by atoms with van der Waals surface area (Å²) in [4.78, 5) is 13.1. The summed E-state index contributed by atoms with van der Waals surface area (Å²) in [5.74, 6) is 2.01. The van der Waals surface area contributed by atoms with Gasteiger partial charge in [0.05, 0.1) is 13.2 Å². The van der Waals surface area contributed by atoms with Crippen LogP contribution < -0.4 is 14.8 Å². The summed E-state index contributed by atoms with van der Waals surface area (Å²) in [6.45, 7) is 6.33. The van der Waals surface area contributed by atoms with Crippen LogP contribution in [0.1, 0.15) is 69.2 Å². The Hall–Kier alpha value is -2.49. The Morgan fingerprint density at radius 1 is 1.00 bits per heavy atom. The van der Waals surface area contributed by atoms with Crippen LogP contribution in [0.3, 0.4) is 0 Å². The second kappa shape index (κ2) is 10.5. The van der Waals surface area contributed by atoms with Crippen LogP contribution >= 0.6 is 0 Å². The minimum Gasteiger partial charge on any atom is -0.497 e. The highest BCUT2D eigenvalue weighted by molar-refractivity contribution is 5.81. The zero-order chi connectivity index (χ0) is 21.5. The van der Waals surface area contributed by atoms with Crippen molar-refractivity contribution >= 4 is 5.91 Å². The summed E-state index contributed by atoms with van der Waals surface area (Å²) in [7, 11) is 1.66. The van der Waals surface area contributed by atoms with Crippen LogP contribution in [-0.2, 0) is 17.6 Å². The number of carbonyl (C=O) groups excluding carboxylic acids is 1. The van der Waals surface area contributed by atoms with Gasteiger partial charge in [-0.15, -0.1) is 0 Å². The van der Waals surface area contributed by atoms with Gasteiger partial charge in [0, 0.05) is 0 Å². The van der Waals surface area contributed by atoms with E-state index in [9.17, 15) is 4.79 Å². The first kappa shape index (κ1) is 22.2. The number of hydrogen-bond donors (Lipinski definition) is 1. The molecule has 0 aliphatic heterocycles. The first-order valence-electron chi connectivity index (χ1n) is 11.2. The number of nitrogens with one attached hydrogen (secondary N) is 1. The van der Waals surface area contributed by atoms with E-state index < -0.39 is 6.10 Å². The fraction of sp³-hybridized carbons (Fsp3) is 0.500. The van der Waals surface area contributed by atoms with E-state index in [0.717, 1.165) is 36.3 Å². The molecule has 0 saturated heterocycles. The smallest absolute Gasteiger partial charge is 0.261 e. The average molecular weight is 410 g/mol. The lowest BCUT2D eigenvalue weighted by atomic mass is 9.92. The molecule has 0 aromatic heterocycles. The molecule has 0 heterocycles. The van der Waals surface area contributed by atoms with E-state index in [4.69, 9.17) is 9.47 Å². The number of methoxy groups -OCH3 is 1. The minimum absolute atomic E-state index is 0.0513. The van der Waals surface area contributed by atoms with Crippen molar-refractivity contribution in [3.8, 4) is 11.5 Å². The van der Waals surface area contributed by atoms with Crippen molar-refractivity contribution in [3.05, 3.63) is 59.2 Å². The van der Waals surface area contributed by atoms with Gasteiger partial charge in [-0.3, -0.25) is 4.79 Å². The van der Waals surface area contributed by atoms with Crippen LogP contribution in [0.5, 0.6) is 11.5 Å². The van der Waals surface area contributed by atoms with Crippen molar-refractivity contribution in [2.24, 2.45) is 5.92 Å². The van der Waals surface area contributed by atoms with Gasteiger partial charge in [0.1, 0.15) is 11.5 Å². The number of fused-ring (bicyclic) bond motifs is 1.